The molecule has 0 saturated carbocycles. The first-order valence-electron chi connectivity index (χ1n) is 32.2. The number of carbonyl (C=O) groups is 3. The van der Waals surface area contributed by atoms with Crippen molar-refractivity contribution >= 4 is 17.9 Å². The van der Waals surface area contributed by atoms with Crippen LogP contribution in [0.1, 0.15) is 367 Å². The van der Waals surface area contributed by atoms with E-state index in [0.29, 0.717) is 19.3 Å². The molecule has 0 aliphatic carbocycles. The van der Waals surface area contributed by atoms with Crippen LogP contribution in [-0.2, 0) is 28.6 Å². The predicted octanol–water partition coefficient (Wildman–Crippen LogP) is 21.7. The molecule has 6 nitrogen and oxygen atoms in total. The second-order valence-electron chi connectivity index (χ2n) is 22.0. The molecule has 1 atom stereocenters. The predicted molar refractivity (Wildman–Crippen MR) is 307 cm³/mol. The highest BCUT2D eigenvalue weighted by molar-refractivity contribution is 5.71. The summed E-state index contributed by atoms with van der Waals surface area (Å²) in [5, 5.41) is 0. The fourth-order valence-corrected chi connectivity index (χ4v) is 9.91. The Bertz CT molecular complexity index is 1100. The number of hydrogen-bond donors (Lipinski definition) is 0. The average Bonchev–Trinajstić information content (AvgIpc) is 3.37. The Kier molecular flexibility index (Phi) is 59.1. The van der Waals surface area contributed by atoms with Crippen molar-refractivity contribution in [1.82, 2.24) is 0 Å². The van der Waals surface area contributed by atoms with Crippen LogP contribution < -0.4 is 0 Å². The molecule has 1 unspecified atom stereocenters. The van der Waals surface area contributed by atoms with E-state index in [4.69, 9.17) is 14.2 Å². The molecule has 71 heavy (non-hydrogen) atoms. The van der Waals surface area contributed by atoms with E-state index in [1.807, 2.05) is 0 Å². The molecule has 0 fully saturated rings. The van der Waals surface area contributed by atoms with Crippen LogP contribution in [0, 0.1) is 0 Å². The second-order valence-corrected chi connectivity index (χ2v) is 22.0. The van der Waals surface area contributed by atoms with Crippen LogP contribution in [0.3, 0.4) is 0 Å². The summed E-state index contributed by atoms with van der Waals surface area (Å²) in [7, 11) is 0. The van der Waals surface area contributed by atoms with Crippen molar-refractivity contribution < 1.29 is 28.6 Å². The highest BCUT2D eigenvalue weighted by atomic mass is 16.6. The van der Waals surface area contributed by atoms with Gasteiger partial charge in [0.05, 0.1) is 0 Å². The SMILES string of the molecule is CCCCCCCCCC/C=C\CCCCCCCCCCCCCCCC(=O)OCC(COC(=O)CCCCCCCCCCCCC)OC(=O)CCCCCCCCCCCCCCCCCCC. The molecule has 0 aliphatic rings. The molecular weight excluding hydrogens is 877 g/mol. The summed E-state index contributed by atoms with van der Waals surface area (Å²) < 4.78 is 16.9. The van der Waals surface area contributed by atoms with Gasteiger partial charge in [-0.05, 0) is 44.9 Å². The van der Waals surface area contributed by atoms with E-state index in [1.54, 1.807) is 0 Å². The Morgan fingerprint density at radius 2 is 0.465 bits per heavy atom. The van der Waals surface area contributed by atoms with E-state index in [0.717, 1.165) is 57.8 Å². The minimum atomic E-state index is -0.764. The zero-order valence-electron chi connectivity index (χ0n) is 48.3. The number of esters is 3. The van der Waals surface area contributed by atoms with E-state index >= 15 is 0 Å². The Labute approximate surface area is 443 Å². The first kappa shape index (κ1) is 69.2. The highest BCUT2D eigenvalue weighted by Crippen LogP contribution is 2.18. The molecule has 0 amide bonds. The van der Waals surface area contributed by atoms with Gasteiger partial charge in [0, 0.05) is 19.3 Å². The lowest BCUT2D eigenvalue weighted by atomic mass is 10.0. The van der Waals surface area contributed by atoms with E-state index in [9.17, 15) is 14.4 Å². The third-order valence-corrected chi connectivity index (χ3v) is 14.8. The van der Waals surface area contributed by atoms with Crippen LogP contribution in [-0.4, -0.2) is 37.2 Å². The molecule has 0 spiro atoms. The number of allylic oxidation sites excluding steroid dienone is 2. The van der Waals surface area contributed by atoms with Crippen LogP contribution in [0.2, 0.25) is 0 Å². The molecule has 0 bridgehead atoms. The van der Waals surface area contributed by atoms with Crippen molar-refractivity contribution in [2.75, 3.05) is 13.2 Å². The summed E-state index contributed by atoms with van der Waals surface area (Å²) in [6.07, 6.45) is 70.8. The molecule has 0 heterocycles. The summed E-state index contributed by atoms with van der Waals surface area (Å²) >= 11 is 0. The molecule has 0 aliphatic heterocycles. The lowest BCUT2D eigenvalue weighted by molar-refractivity contribution is -0.167. The summed E-state index contributed by atoms with van der Waals surface area (Å²) in [6, 6.07) is 0. The third kappa shape index (κ3) is 58.9. The Hall–Kier alpha value is -1.85. The van der Waals surface area contributed by atoms with Gasteiger partial charge in [-0.15, -0.1) is 0 Å². The van der Waals surface area contributed by atoms with E-state index in [2.05, 4.69) is 32.9 Å². The van der Waals surface area contributed by atoms with Crippen molar-refractivity contribution in [2.24, 2.45) is 0 Å². The van der Waals surface area contributed by atoms with Crippen molar-refractivity contribution in [3.05, 3.63) is 12.2 Å². The smallest absolute Gasteiger partial charge is 0.306 e. The monoisotopic (exact) mass is 1000 g/mol. The van der Waals surface area contributed by atoms with Crippen molar-refractivity contribution in [3.8, 4) is 0 Å². The molecule has 0 rings (SSSR count). The number of rotatable bonds is 60. The van der Waals surface area contributed by atoms with Gasteiger partial charge in [-0.3, -0.25) is 14.4 Å². The molecule has 6 heteroatoms. The molecule has 0 aromatic rings. The number of carbonyl (C=O) groups excluding carboxylic acids is 3. The molecule has 0 radical (unpaired) electrons. The van der Waals surface area contributed by atoms with Crippen LogP contribution in [0.5, 0.6) is 0 Å². The lowest BCUT2D eigenvalue weighted by Gasteiger charge is -2.18. The van der Waals surface area contributed by atoms with Crippen molar-refractivity contribution in [3.63, 3.8) is 0 Å². The van der Waals surface area contributed by atoms with Crippen LogP contribution >= 0.6 is 0 Å². The summed E-state index contributed by atoms with van der Waals surface area (Å²) in [6.45, 7) is 6.70. The molecular formula is C65H124O6. The maximum absolute atomic E-state index is 12.9. The van der Waals surface area contributed by atoms with E-state index in [-0.39, 0.29) is 31.1 Å². The van der Waals surface area contributed by atoms with Gasteiger partial charge in [0.25, 0.3) is 0 Å². The topological polar surface area (TPSA) is 78.9 Å². The average molecular weight is 1000 g/mol. The lowest BCUT2D eigenvalue weighted by Crippen LogP contribution is -2.30. The van der Waals surface area contributed by atoms with Gasteiger partial charge >= 0.3 is 17.9 Å². The third-order valence-electron chi connectivity index (χ3n) is 14.8. The second kappa shape index (κ2) is 60.7. The van der Waals surface area contributed by atoms with Gasteiger partial charge < -0.3 is 14.2 Å². The van der Waals surface area contributed by atoms with Gasteiger partial charge in [-0.2, -0.15) is 0 Å². The van der Waals surface area contributed by atoms with Gasteiger partial charge in [0.2, 0.25) is 0 Å². The maximum Gasteiger partial charge on any atom is 0.306 e. The Morgan fingerprint density at radius 3 is 0.704 bits per heavy atom. The summed E-state index contributed by atoms with van der Waals surface area (Å²) in [5.74, 6) is -0.835. The molecule has 0 aromatic heterocycles. The molecule has 420 valence electrons. The molecule has 0 N–H and O–H groups in total. The fraction of sp³-hybridized carbons (Fsp3) is 0.923. The Morgan fingerprint density at radius 1 is 0.268 bits per heavy atom. The number of ether oxygens (including phenoxy) is 3. The van der Waals surface area contributed by atoms with Crippen molar-refractivity contribution in [1.29, 1.82) is 0 Å². The first-order chi connectivity index (χ1) is 35.0. The number of hydrogen-bond acceptors (Lipinski definition) is 6. The number of unbranched alkanes of at least 4 members (excludes halogenated alkanes) is 47. The largest absolute Gasteiger partial charge is 0.462 e. The normalized spacial score (nSPS) is 12.0. The van der Waals surface area contributed by atoms with Crippen LogP contribution in [0.4, 0.5) is 0 Å². The Balaban J connectivity index is 4.18. The van der Waals surface area contributed by atoms with Gasteiger partial charge in [-0.1, -0.05) is 315 Å². The van der Waals surface area contributed by atoms with Gasteiger partial charge in [0.15, 0.2) is 6.10 Å². The minimum absolute atomic E-state index is 0.0632. The quantitative estimate of drug-likeness (QED) is 0.0261. The molecule has 0 aromatic carbocycles. The van der Waals surface area contributed by atoms with E-state index in [1.165, 1.54) is 270 Å². The van der Waals surface area contributed by atoms with Gasteiger partial charge in [-0.25, -0.2) is 0 Å². The van der Waals surface area contributed by atoms with E-state index < -0.39 is 6.10 Å². The van der Waals surface area contributed by atoms with Crippen molar-refractivity contribution in [2.45, 2.75) is 374 Å². The first-order valence-corrected chi connectivity index (χ1v) is 32.2. The fourth-order valence-electron chi connectivity index (χ4n) is 9.91. The van der Waals surface area contributed by atoms with Gasteiger partial charge in [0.1, 0.15) is 13.2 Å². The molecule has 0 saturated heterocycles. The zero-order valence-corrected chi connectivity index (χ0v) is 48.3. The summed E-state index contributed by atoms with van der Waals surface area (Å²) in [5.41, 5.74) is 0. The maximum atomic E-state index is 12.9. The summed E-state index contributed by atoms with van der Waals surface area (Å²) in [4.78, 5) is 38.2. The standard InChI is InChI=1S/C65H124O6/c1-4-7-10-13-16-19-22-24-26-28-29-30-31-32-33-34-35-37-38-40-43-46-49-52-55-58-64(67)70-61-62(60-69-63(66)57-54-51-48-45-42-21-18-15-12-9-6-3)71-65(68)59-56-53-50-47-44-41-39-36-27-25-23-20-17-14-11-8-5-2/h28-29,62H,4-27,30-61H2,1-3H3/b29-28-. The minimum Gasteiger partial charge on any atom is -0.462 e. The highest BCUT2D eigenvalue weighted by Gasteiger charge is 2.19. The van der Waals surface area contributed by atoms with Crippen LogP contribution in [0.15, 0.2) is 12.2 Å². The van der Waals surface area contributed by atoms with Crippen LogP contribution in [0.25, 0.3) is 0 Å². The zero-order chi connectivity index (χ0) is 51.4.